The zero-order valence-corrected chi connectivity index (χ0v) is 18.7. The Kier molecular flexibility index (Phi) is 12.4. The molecule has 13 heteroatoms. The van der Waals surface area contributed by atoms with Gasteiger partial charge in [-0.3, -0.25) is 19.2 Å². The molecule has 10 N–H and O–H groups in total. The summed E-state index contributed by atoms with van der Waals surface area (Å²) >= 11 is 0. The van der Waals surface area contributed by atoms with Gasteiger partial charge in [-0.05, 0) is 26.2 Å². The Morgan fingerprint density at radius 2 is 1.34 bits per heavy atom. The molecule has 0 fully saturated rings. The van der Waals surface area contributed by atoms with Crippen LogP contribution in [0, 0.1) is 5.92 Å². The second-order valence-corrected chi connectivity index (χ2v) is 7.77. The number of nitrogens with one attached hydrogen (secondary N) is 3. The fourth-order valence-corrected chi connectivity index (χ4v) is 2.62. The summed E-state index contributed by atoms with van der Waals surface area (Å²) in [6, 6.07) is -5.45. The Morgan fingerprint density at radius 3 is 1.75 bits per heavy atom. The van der Waals surface area contributed by atoms with Gasteiger partial charge in [0.25, 0.3) is 0 Å². The first-order chi connectivity index (χ1) is 14.7. The van der Waals surface area contributed by atoms with Gasteiger partial charge < -0.3 is 42.7 Å². The van der Waals surface area contributed by atoms with E-state index in [9.17, 15) is 39.3 Å². The molecule has 32 heavy (non-hydrogen) atoms. The molecule has 0 radical (unpaired) electrons. The SMILES string of the molecule is CCC(C)C(NC(=O)C(N)C(C)O)C(=O)NC(C(=O)NC(CCC(N)=O)C(=O)O)C(C)O. The minimum atomic E-state index is -1.55. The van der Waals surface area contributed by atoms with Gasteiger partial charge in [-0.15, -0.1) is 0 Å². The highest BCUT2D eigenvalue weighted by Gasteiger charge is 2.34. The van der Waals surface area contributed by atoms with Gasteiger partial charge in [-0.2, -0.15) is 0 Å². The zero-order chi connectivity index (χ0) is 25.2. The second kappa shape index (κ2) is 13.6. The van der Waals surface area contributed by atoms with Crippen LogP contribution < -0.4 is 27.4 Å². The smallest absolute Gasteiger partial charge is 0.326 e. The zero-order valence-electron chi connectivity index (χ0n) is 18.7. The number of nitrogens with two attached hydrogens (primary N) is 2. The molecule has 4 amide bonds. The van der Waals surface area contributed by atoms with Crippen LogP contribution in [0.1, 0.15) is 47.0 Å². The van der Waals surface area contributed by atoms with Crippen molar-refractivity contribution in [1.29, 1.82) is 0 Å². The Hall–Kier alpha value is -2.77. The number of amides is 4. The first-order valence-electron chi connectivity index (χ1n) is 10.3. The molecule has 13 nitrogen and oxygen atoms in total. The van der Waals surface area contributed by atoms with E-state index >= 15 is 0 Å². The van der Waals surface area contributed by atoms with E-state index in [1.807, 2.05) is 0 Å². The molecule has 0 aliphatic carbocycles. The van der Waals surface area contributed by atoms with Crippen LogP contribution in [-0.2, 0) is 24.0 Å². The molecule has 184 valence electrons. The van der Waals surface area contributed by atoms with Crippen molar-refractivity contribution in [2.24, 2.45) is 17.4 Å². The second-order valence-electron chi connectivity index (χ2n) is 7.77. The maximum atomic E-state index is 12.8. The summed E-state index contributed by atoms with van der Waals surface area (Å²) in [5.41, 5.74) is 10.6. The predicted molar refractivity (Wildman–Crippen MR) is 113 cm³/mol. The number of aliphatic hydroxyl groups is 2. The van der Waals surface area contributed by atoms with E-state index in [2.05, 4.69) is 16.0 Å². The van der Waals surface area contributed by atoms with Gasteiger partial charge in [0.05, 0.1) is 12.2 Å². The van der Waals surface area contributed by atoms with Crippen LogP contribution in [0.2, 0.25) is 0 Å². The van der Waals surface area contributed by atoms with E-state index in [1.165, 1.54) is 13.8 Å². The number of carbonyl (C=O) groups is 5. The Morgan fingerprint density at radius 1 is 0.844 bits per heavy atom. The normalized spacial score (nSPS) is 17.6. The fraction of sp³-hybridized carbons (Fsp3) is 0.737. The van der Waals surface area contributed by atoms with Crippen molar-refractivity contribution in [1.82, 2.24) is 16.0 Å². The van der Waals surface area contributed by atoms with E-state index in [1.54, 1.807) is 13.8 Å². The highest BCUT2D eigenvalue weighted by molar-refractivity contribution is 5.94. The topological polar surface area (TPSA) is 234 Å². The Labute approximate surface area is 186 Å². The number of primary amides is 1. The highest BCUT2D eigenvalue weighted by atomic mass is 16.4. The molecule has 0 aliphatic rings. The molecule has 0 aromatic carbocycles. The lowest BCUT2D eigenvalue weighted by molar-refractivity contribution is -0.143. The molecular formula is C19H35N5O8. The number of hydrogen-bond acceptors (Lipinski definition) is 8. The van der Waals surface area contributed by atoms with Crippen LogP contribution in [0.25, 0.3) is 0 Å². The number of hydrogen-bond donors (Lipinski definition) is 8. The molecular weight excluding hydrogens is 426 g/mol. The standard InChI is InChI=1S/C19H35N5O8/c1-5-8(2)14(23-16(28)13(21)9(3)25)17(29)24-15(10(4)26)18(30)22-11(19(31)32)6-7-12(20)27/h8-11,13-15,25-26H,5-7,21H2,1-4H3,(H2,20,27)(H,22,30)(H,23,28)(H,24,29)(H,31,32). The highest BCUT2D eigenvalue weighted by Crippen LogP contribution is 2.10. The van der Waals surface area contributed by atoms with Crippen LogP contribution >= 0.6 is 0 Å². The molecule has 7 atom stereocenters. The number of rotatable bonds is 14. The molecule has 0 rings (SSSR count). The van der Waals surface area contributed by atoms with Gasteiger partial charge in [0.2, 0.25) is 23.6 Å². The largest absolute Gasteiger partial charge is 0.480 e. The van der Waals surface area contributed by atoms with Gasteiger partial charge in [-0.1, -0.05) is 20.3 Å². The van der Waals surface area contributed by atoms with E-state index in [-0.39, 0.29) is 12.8 Å². The minimum Gasteiger partial charge on any atom is -0.480 e. The van der Waals surface area contributed by atoms with Gasteiger partial charge in [-0.25, -0.2) is 4.79 Å². The van der Waals surface area contributed by atoms with E-state index in [4.69, 9.17) is 11.5 Å². The molecule has 0 spiro atoms. The van der Waals surface area contributed by atoms with Crippen molar-refractivity contribution in [3.63, 3.8) is 0 Å². The quantitative estimate of drug-likeness (QED) is 0.131. The lowest BCUT2D eigenvalue weighted by Gasteiger charge is -2.29. The first-order valence-corrected chi connectivity index (χ1v) is 10.3. The lowest BCUT2D eigenvalue weighted by Crippen LogP contribution is -2.61. The summed E-state index contributed by atoms with van der Waals surface area (Å²) in [5.74, 6) is -5.17. The minimum absolute atomic E-state index is 0.278. The predicted octanol–water partition coefficient (Wildman–Crippen LogP) is -3.07. The Bertz CT molecular complexity index is 685. The van der Waals surface area contributed by atoms with Gasteiger partial charge in [0, 0.05) is 6.42 Å². The van der Waals surface area contributed by atoms with Crippen molar-refractivity contribution in [2.45, 2.75) is 83.3 Å². The maximum Gasteiger partial charge on any atom is 0.326 e. The van der Waals surface area contributed by atoms with Crippen LogP contribution in [0.4, 0.5) is 0 Å². The van der Waals surface area contributed by atoms with Crippen molar-refractivity contribution in [3.05, 3.63) is 0 Å². The van der Waals surface area contributed by atoms with Crippen molar-refractivity contribution in [2.75, 3.05) is 0 Å². The average molecular weight is 462 g/mol. The number of aliphatic carboxylic acids is 1. The molecule has 0 heterocycles. The Balaban J connectivity index is 5.48. The fourth-order valence-electron chi connectivity index (χ4n) is 2.62. The van der Waals surface area contributed by atoms with Crippen molar-refractivity contribution in [3.8, 4) is 0 Å². The average Bonchev–Trinajstić information content (AvgIpc) is 2.70. The molecule has 0 bridgehead atoms. The number of carboxylic acid groups (broad SMARTS) is 1. The number of carboxylic acids is 1. The molecule has 0 saturated heterocycles. The monoisotopic (exact) mass is 461 g/mol. The van der Waals surface area contributed by atoms with Gasteiger partial charge in [0.15, 0.2) is 0 Å². The van der Waals surface area contributed by atoms with Gasteiger partial charge in [0.1, 0.15) is 24.2 Å². The molecule has 0 saturated carbocycles. The van der Waals surface area contributed by atoms with E-state index in [0.717, 1.165) is 0 Å². The summed E-state index contributed by atoms with van der Waals surface area (Å²) in [6.45, 7) is 5.96. The summed E-state index contributed by atoms with van der Waals surface area (Å²) < 4.78 is 0. The first kappa shape index (κ1) is 29.2. The molecule has 7 unspecified atom stereocenters. The molecule has 0 aliphatic heterocycles. The number of carbonyl (C=O) groups excluding carboxylic acids is 4. The van der Waals surface area contributed by atoms with E-state index in [0.29, 0.717) is 6.42 Å². The van der Waals surface area contributed by atoms with Crippen molar-refractivity contribution >= 4 is 29.6 Å². The van der Waals surface area contributed by atoms with Crippen molar-refractivity contribution < 1.29 is 39.3 Å². The third kappa shape index (κ3) is 9.58. The third-order valence-electron chi connectivity index (χ3n) is 4.97. The third-order valence-corrected chi connectivity index (χ3v) is 4.97. The number of aliphatic hydroxyl groups excluding tert-OH is 2. The van der Waals surface area contributed by atoms with Crippen LogP contribution in [0.15, 0.2) is 0 Å². The van der Waals surface area contributed by atoms with E-state index < -0.39 is 71.9 Å². The lowest BCUT2D eigenvalue weighted by atomic mass is 9.97. The van der Waals surface area contributed by atoms with Crippen LogP contribution in [0.5, 0.6) is 0 Å². The van der Waals surface area contributed by atoms with Gasteiger partial charge >= 0.3 is 5.97 Å². The maximum absolute atomic E-state index is 12.8. The molecule has 0 aromatic rings. The summed E-state index contributed by atoms with van der Waals surface area (Å²) in [5, 5.41) is 35.6. The summed E-state index contributed by atoms with van der Waals surface area (Å²) in [7, 11) is 0. The molecule has 0 aromatic heterocycles. The summed E-state index contributed by atoms with van der Waals surface area (Å²) in [4.78, 5) is 59.8. The summed E-state index contributed by atoms with van der Waals surface area (Å²) in [6.07, 6.45) is -2.70. The van der Waals surface area contributed by atoms with Crippen LogP contribution in [0.3, 0.4) is 0 Å². The van der Waals surface area contributed by atoms with Crippen LogP contribution in [-0.4, -0.2) is 81.3 Å².